The van der Waals surface area contributed by atoms with Crippen LogP contribution in [0.5, 0.6) is 11.5 Å². The molecule has 1 N–H and O–H groups in total. The molecule has 0 fully saturated rings. The zero-order valence-corrected chi connectivity index (χ0v) is 13.5. The van der Waals surface area contributed by atoms with E-state index in [0.717, 1.165) is 4.68 Å². The fourth-order valence-electron chi connectivity index (χ4n) is 2.13. The largest absolute Gasteiger partial charge is 0.493 e. The minimum atomic E-state index is -0.589. The summed E-state index contributed by atoms with van der Waals surface area (Å²) < 4.78 is 15.8. The lowest BCUT2D eigenvalue weighted by Crippen LogP contribution is -2.36. The zero-order chi connectivity index (χ0) is 17.7. The summed E-state index contributed by atoms with van der Waals surface area (Å²) in [6, 6.07) is 3.34. The van der Waals surface area contributed by atoms with Crippen molar-refractivity contribution in [3.8, 4) is 11.5 Å². The third-order valence-electron chi connectivity index (χ3n) is 3.31. The van der Waals surface area contributed by atoms with Crippen LogP contribution in [0.3, 0.4) is 0 Å². The van der Waals surface area contributed by atoms with Crippen molar-refractivity contribution in [2.75, 3.05) is 27.9 Å². The Bertz CT molecular complexity index is 830. The summed E-state index contributed by atoms with van der Waals surface area (Å²) in [4.78, 5) is 35.4. The van der Waals surface area contributed by atoms with E-state index in [0.29, 0.717) is 11.1 Å². The minimum Gasteiger partial charge on any atom is -0.493 e. The minimum absolute atomic E-state index is 0.257. The molecule has 0 aliphatic heterocycles. The summed E-state index contributed by atoms with van der Waals surface area (Å²) in [6.45, 7) is -0.624. The monoisotopic (exact) mass is 335 g/mol. The van der Waals surface area contributed by atoms with Crippen LogP contribution in [0.15, 0.2) is 23.1 Å². The third kappa shape index (κ3) is 3.45. The van der Waals surface area contributed by atoms with Gasteiger partial charge in [-0.2, -0.15) is 5.10 Å². The molecule has 128 valence electrons. The van der Waals surface area contributed by atoms with E-state index in [-0.39, 0.29) is 24.2 Å². The number of amides is 1. The second-order valence-electron chi connectivity index (χ2n) is 4.73. The fourth-order valence-corrected chi connectivity index (χ4v) is 2.13. The van der Waals surface area contributed by atoms with Crippen LogP contribution in [-0.2, 0) is 20.9 Å². The average molecular weight is 335 g/mol. The van der Waals surface area contributed by atoms with Crippen molar-refractivity contribution in [1.29, 1.82) is 0 Å². The summed E-state index contributed by atoms with van der Waals surface area (Å²) >= 11 is 0. The second kappa shape index (κ2) is 7.44. The van der Waals surface area contributed by atoms with Gasteiger partial charge in [0.25, 0.3) is 5.56 Å². The van der Waals surface area contributed by atoms with Crippen molar-refractivity contribution in [1.82, 2.24) is 15.1 Å². The molecule has 2 aromatic rings. The van der Waals surface area contributed by atoms with Gasteiger partial charge >= 0.3 is 5.97 Å². The van der Waals surface area contributed by atoms with Crippen molar-refractivity contribution < 1.29 is 23.8 Å². The van der Waals surface area contributed by atoms with E-state index in [2.05, 4.69) is 15.2 Å². The topological polar surface area (TPSA) is 109 Å². The van der Waals surface area contributed by atoms with Gasteiger partial charge in [0.2, 0.25) is 5.91 Å². The van der Waals surface area contributed by atoms with Crippen LogP contribution >= 0.6 is 0 Å². The first-order chi connectivity index (χ1) is 11.5. The standard InChI is InChI=1S/C15H17N3O6/c1-22-10-5-4-9-6-17-18(15(21)13(9)14(10)24-3)8-11(19)16-7-12(20)23-2/h4-6H,7-8H2,1-3H3,(H,16,19). The molecular formula is C15H17N3O6. The van der Waals surface area contributed by atoms with Gasteiger partial charge in [0.15, 0.2) is 11.5 Å². The molecule has 9 nitrogen and oxygen atoms in total. The number of nitrogens with one attached hydrogen (secondary N) is 1. The fraction of sp³-hybridized carbons (Fsp3) is 0.333. The van der Waals surface area contributed by atoms with Crippen molar-refractivity contribution in [3.05, 3.63) is 28.7 Å². The molecule has 9 heteroatoms. The number of carbonyl (C=O) groups excluding carboxylic acids is 2. The van der Waals surface area contributed by atoms with Gasteiger partial charge in [-0.05, 0) is 12.1 Å². The number of carbonyl (C=O) groups is 2. The number of hydrogen-bond acceptors (Lipinski definition) is 7. The summed E-state index contributed by atoms with van der Waals surface area (Å²) in [7, 11) is 4.10. The van der Waals surface area contributed by atoms with Gasteiger partial charge in [-0.3, -0.25) is 14.4 Å². The molecule has 0 aliphatic rings. The van der Waals surface area contributed by atoms with Gasteiger partial charge < -0.3 is 19.5 Å². The Kier molecular flexibility index (Phi) is 5.35. The maximum atomic E-state index is 12.6. The lowest BCUT2D eigenvalue weighted by Gasteiger charge is -2.11. The van der Waals surface area contributed by atoms with E-state index in [1.165, 1.54) is 27.5 Å². The number of ether oxygens (including phenoxy) is 3. The quantitative estimate of drug-likeness (QED) is 0.722. The van der Waals surface area contributed by atoms with E-state index in [4.69, 9.17) is 9.47 Å². The number of hydrogen-bond donors (Lipinski definition) is 1. The van der Waals surface area contributed by atoms with Crippen molar-refractivity contribution in [3.63, 3.8) is 0 Å². The number of benzene rings is 1. The highest BCUT2D eigenvalue weighted by atomic mass is 16.5. The molecule has 0 aliphatic carbocycles. The molecule has 0 spiro atoms. The number of methoxy groups -OCH3 is 3. The lowest BCUT2D eigenvalue weighted by atomic mass is 10.1. The van der Waals surface area contributed by atoms with Crippen LogP contribution in [0.1, 0.15) is 0 Å². The summed E-state index contributed by atoms with van der Waals surface area (Å²) in [5.41, 5.74) is -0.503. The molecule has 1 amide bonds. The van der Waals surface area contributed by atoms with Crippen molar-refractivity contribution in [2.45, 2.75) is 6.54 Å². The molecule has 1 heterocycles. The summed E-state index contributed by atoms with van der Waals surface area (Å²) in [5.74, 6) is -0.467. The Morgan fingerprint density at radius 2 is 1.96 bits per heavy atom. The normalized spacial score (nSPS) is 10.3. The number of nitrogens with zero attached hydrogens (tertiary/aromatic N) is 2. The van der Waals surface area contributed by atoms with Crippen LogP contribution in [0.4, 0.5) is 0 Å². The Balaban J connectivity index is 2.35. The molecule has 24 heavy (non-hydrogen) atoms. The van der Waals surface area contributed by atoms with Crippen LogP contribution in [0, 0.1) is 0 Å². The second-order valence-corrected chi connectivity index (χ2v) is 4.73. The molecular weight excluding hydrogens is 318 g/mol. The number of aromatic nitrogens is 2. The molecule has 0 bridgehead atoms. The lowest BCUT2D eigenvalue weighted by molar-refractivity contribution is -0.141. The van der Waals surface area contributed by atoms with Gasteiger partial charge in [0.05, 0.1) is 32.9 Å². The Hall–Kier alpha value is -3.10. The molecule has 0 atom stereocenters. The van der Waals surface area contributed by atoms with E-state index in [9.17, 15) is 14.4 Å². The number of rotatable bonds is 6. The van der Waals surface area contributed by atoms with Gasteiger partial charge in [0, 0.05) is 5.39 Å². The zero-order valence-electron chi connectivity index (χ0n) is 13.5. The SMILES string of the molecule is COC(=O)CNC(=O)Cn1ncc2ccc(OC)c(OC)c2c1=O. The third-order valence-corrected chi connectivity index (χ3v) is 3.31. The smallest absolute Gasteiger partial charge is 0.325 e. The van der Waals surface area contributed by atoms with Gasteiger partial charge in [-0.15, -0.1) is 0 Å². The van der Waals surface area contributed by atoms with E-state index in [1.54, 1.807) is 12.1 Å². The Morgan fingerprint density at radius 3 is 2.58 bits per heavy atom. The Labute approximate surface area is 137 Å². The average Bonchev–Trinajstić information content (AvgIpc) is 2.60. The first-order valence-electron chi connectivity index (χ1n) is 6.96. The summed E-state index contributed by atoms with van der Waals surface area (Å²) in [6.07, 6.45) is 1.45. The van der Waals surface area contributed by atoms with Crippen molar-refractivity contribution >= 4 is 22.6 Å². The van der Waals surface area contributed by atoms with Crippen LogP contribution in [0.25, 0.3) is 10.8 Å². The highest BCUT2D eigenvalue weighted by Gasteiger charge is 2.16. The highest BCUT2D eigenvalue weighted by molar-refractivity contribution is 5.89. The predicted molar refractivity (Wildman–Crippen MR) is 84.1 cm³/mol. The molecule has 2 rings (SSSR count). The van der Waals surface area contributed by atoms with Crippen LogP contribution < -0.4 is 20.3 Å². The summed E-state index contributed by atoms with van der Waals surface area (Å²) in [5, 5.41) is 7.11. The predicted octanol–water partition coefficient (Wildman–Crippen LogP) is -0.297. The van der Waals surface area contributed by atoms with Gasteiger partial charge in [0.1, 0.15) is 13.1 Å². The van der Waals surface area contributed by atoms with E-state index >= 15 is 0 Å². The van der Waals surface area contributed by atoms with Crippen LogP contribution in [0.2, 0.25) is 0 Å². The van der Waals surface area contributed by atoms with E-state index < -0.39 is 17.4 Å². The maximum Gasteiger partial charge on any atom is 0.325 e. The van der Waals surface area contributed by atoms with Crippen molar-refractivity contribution in [2.24, 2.45) is 0 Å². The molecule has 0 unspecified atom stereocenters. The molecule has 1 aromatic carbocycles. The first-order valence-corrected chi connectivity index (χ1v) is 6.96. The van der Waals surface area contributed by atoms with E-state index in [1.807, 2.05) is 0 Å². The number of esters is 1. The molecule has 0 saturated carbocycles. The molecule has 0 radical (unpaired) electrons. The van der Waals surface area contributed by atoms with Crippen LogP contribution in [-0.4, -0.2) is 49.5 Å². The molecule has 0 saturated heterocycles. The van der Waals surface area contributed by atoms with Gasteiger partial charge in [-0.25, -0.2) is 4.68 Å². The first kappa shape index (κ1) is 17.3. The highest BCUT2D eigenvalue weighted by Crippen LogP contribution is 2.32. The Morgan fingerprint density at radius 1 is 1.21 bits per heavy atom. The van der Waals surface area contributed by atoms with Gasteiger partial charge in [-0.1, -0.05) is 0 Å². The maximum absolute atomic E-state index is 12.6. The number of fused-ring (bicyclic) bond motifs is 1. The molecule has 1 aromatic heterocycles.